The van der Waals surface area contributed by atoms with E-state index in [4.69, 9.17) is 5.73 Å². The first-order valence-corrected chi connectivity index (χ1v) is 9.12. The lowest BCUT2D eigenvalue weighted by Crippen LogP contribution is -2.32. The molecule has 3 heterocycles. The van der Waals surface area contributed by atoms with E-state index in [0.717, 1.165) is 43.8 Å². The van der Waals surface area contributed by atoms with Crippen LogP contribution in [0, 0.1) is 0 Å². The van der Waals surface area contributed by atoms with Crippen LogP contribution in [0.5, 0.6) is 0 Å². The number of aromatic amines is 1. The number of fused-ring (bicyclic) bond motifs is 1. The van der Waals surface area contributed by atoms with E-state index in [1.54, 1.807) is 6.07 Å². The molecule has 124 valence electrons. The van der Waals surface area contributed by atoms with E-state index in [9.17, 15) is 4.79 Å². The van der Waals surface area contributed by atoms with Crippen LogP contribution in [0.3, 0.4) is 0 Å². The summed E-state index contributed by atoms with van der Waals surface area (Å²) < 4.78 is 0. The minimum absolute atomic E-state index is 0.415. The third-order valence-electron chi connectivity index (χ3n) is 4.73. The summed E-state index contributed by atoms with van der Waals surface area (Å²) in [4.78, 5) is 23.5. The Morgan fingerprint density at radius 3 is 2.83 bits per heavy atom. The van der Waals surface area contributed by atoms with Gasteiger partial charge < -0.3 is 10.7 Å². The molecule has 1 fully saturated rings. The number of thiophene rings is 1. The van der Waals surface area contributed by atoms with Crippen molar-refractivity contribution in [3.05, 3.63) is 52.0 Å². The van der Waals surface area contributed by atoms with Gasteiger partial charge in [-0.3, -0.25) is 9.69 Å². The predicted octanol–water partition coefficient (Wildman–Crippen LogP) is 3.10. The minimum Gasteiger partial charge on any atom is -0.366 e. The van der Waals surface area contributed by atoms with Crippen LogP contribution in [-0.2, 0) is 6.54 Å². The number of hydrogen-bond donors (Lipinski definition) is 2. The van der Waals surface area contributed by atoms with Gasteiger partial charge in [-0.15, -0.1) is 11.3 Å². The maximum atomic E-state index is 11.6. The number of nitrogens with two attached hydrogens (primary N) is 1. The Labute approximate surface area is 144 Å². The number of piperidine rings is 1. The van der Waals surface area contributed by atoms with Gasteiger partial charge in [0, 0.05) is 17.3 Å². The van der Waals surface area contributed by atoms with Crippen molar-refractivity contribution in [2.75, 3.05) is 13.1 Å². The molecule has 6 heteroatoms. The van der Waals surface area contributed by atoms with Crippen molar-refractivity contribution in [2.24, 2.45) is 5.73 Å². The molecule has 0 radical (unpaired) electrons. The van der Waals surface area contributed by atoms with Crippen LogP contribution >= 0.6 is 11.3 Å². The van der Waals surface area contributed by atoms with Crippen LogP contribution in [0.1, 0.15) is 39.8 Å². The largest absolute Gasteiger partial charge is 0.366 e. The number of carbonyl (C=O) groups excluding carboxylic acids is 1. The zero-order valence-corrected chi connectivity index (χ0v) is 14.2. The summed E-state index contributed by atoms with van der Waals surface area (Å²) in [5, 5.41) is 2.13. The van der Waals surface area contributed by atoms with Crippen molar-refractivity contribution in [1.29, 1.82) is 0 Å². The molecule has 4 rings (SSSR count). The highest BCUT2D eigenvalue weighted by Gasteiger charge is 2.24. The number of rotatable bonds is 4. The Morgan fingerprint density at radius 1 is 1.29 bits per heavy atom. The number of H-pyrrole nitrogens is 1. The quantitative estimate of drug-likeness (QED) is 0.766. The van der Waals surface area contributed by atoms with Crippen LogP contribution < -0.4 is 5.73 Å². The molecule has 0 saturated carbocycles. The van der Waals surface area contributed by atoms with Crippen LogP contribution in [0.15, 0.2) is 35.7 Å². The van der Waals surface area contributed by atoms with Gasteiger partial charge in [0.15, 0.2) is 0 Å². The molecule has 0 bridgehead atoms. The van der Waals surface area contributed by atoms with E-state index in [1.165, 1.54) is 4.88 Å². The molecule has 2 aromatic heterocycles. The fourth-order valence-electron chi connectivity index (χ4n) is 3.43. The summed E-state index contributed by atoms with van der Waals surface area (Å²) >= 11 is 1.82. The molecule has 1 aliphatic rings. The van der Waals surface area contributed by atoms with Crippen molar-refractivity contribution in [3.8, 4) is 0 Å². The number of primary amides is 1. The number of imidazole rings is 1. The predicted molar refractivity (Wildman–Crippen MR) is 96.2 cm³/mol. The fourth-order valence-corrected chi connectivity index (χ4v) is 4.18. The Kier molecular flexibility index (Phi) is 4.08. The van der Waals surface area contributed by atoms with E-state index in [1.807, 2.05) is 23.5 Å². The number of aromatic nitrogens is 2. The molecule has 3 aromatic rings. The Morgan fingerprint density at radius 2 is 2.12 bits per heavy atom. The summed E-state index contributed by atoms with van der Waals surface area (Å²) in [5.41, 5.74) is 7.53. The number of amides is 1. The lowest BCUT2D eigenvalue weighted by molar-refractivity contribution is 0.100. The molecule has 1 aromatic carbocycles. The molecular formula is C18H20N4OS. The average Bonchev–Trinajstić information content (AvgIpc) is 3.24. The molecule has 0 aliphatic carbocycles. The van der Waals surface area contributed by atoms with E-state index >= 15 is 0 Å². The van der Waals surface area contributed by atoms with Crippen LogP contribution in [0.2, 0.25) is 0 Å². The number of nitrogens with zero attached hydrogens (tertiary/aromatic N) is 2. The van der Waals surface area contributed by atoms with E-state index in [-0.39, 0.29) is 0 Å². The van der Waals surface area contributed by atoms with Gasteiger partial charge in [-0.2, -0.15) is 0 Å². The molecule has 24 heavy (non-hydrogen) atoms. The lowest BCUT2D eigenvalue weighted by atomic mass is 9.96. The number of likely N-dealkylation sites (tertiary alicyclic amines) is 1. The zero-order valence-electron chi connectivity index (χ0n) is 13.4. The number of nitrogens with one attached hydrogen (secondary N) is 1. The Balaban J connectivity index is 1.48. The van der Waals surface area contributed by atoms with E-state index in [2.05, 4.69) is 32.4 Å². The number of benzene rings is 1. The second-order valence-electron chi connectivity index (χ2n) is 6.32. The Hall–Kier alpha value is -2.18. The molecule has 0 atom stereocenters. The molecule has 0 unspecified atom stereocenters. The van der Waals surface area contributed by atoms with Crippen molar-refractivity contribution in [3.63, 3.8) is 0 Å². The molecule has 1 saturated heterocycles. The third kappa shape index (κ3) is 2.95. The van der Waals surface area contributed by atoms with Gasteiger partial charge in [-0.25, -0.2) is 4.98 Å². The van der Waals surface area contributed by atoms with Gasteiger partial charge in [0.05, 0.1) is 11.1 Å². The first kappa shape index (κ1) is 15.4. The first-order valence-electron chi connectivity index (χ1n) is 8.24. The monoisotopic (exact) mass is 340 g/mol. The normalized spacial score (nSPS) is 16.7. The number of carbonyl (C=O) groups is 1. The third-order valence-corrected chi connectivity index (χ3v) is 5.59. The molecule has 5 nitrogen and oxygen atoms in total. The van der Waals surface area contributed by atoms with E-state index < -0.39 is 5.91 Å². The topological polar surface area (TPSA) is 75.0 Å². The molecule has 3 N–H and O–H groups in total. The minimum atomic E-state index is -0.426. The van der Waals surface area contributed by atoms with Crippen molar-refractivity contribution in [2.45, 2.75) is 25.3 Å². The van der Waals surface area contributed by atoms with Crippen molar-refractivity contribution in [1.82, 2.24) is 14.9 Å². The summed E-state index contributed by atoms with van der Waals surface area (Å²) in [7, 11) is 0. The zero-order chi connectivity index (χ0) is 16.5. The molecule has 1 aliphatic heterocycles. The summed E-state index contributed by atoms with van der Waals surface area (Å²) in [5.74, 6) is 0.969. The van der Waals surface area contributed by atoms with Crippen molar-refractivity contribution >= 4 is 28.3 Å². The van der Waals surface area contributed by atoms with Gasteiger partial charge in [-0.1, -0.05) is 12.1 Å². The van der Waals surface area contributed by atoms with Crippen LogP contribution in [0.25, 0.3) is 11.0 Å². The summed E-state index contributed by atoms with van der Waals surface area (Å²) in [6.45, 7) is 3.18. The second kappa shape index (κ2) is 6.37. The maximum Gasteiger partial charge on any atom is 0.250 e. The highest BCUT2D eigenvalue weighted by atomic mass is 32.1. The molecular weight excluding hydrogens is 320 g/mol. The van der Waals surface area contributed by atoms with Gasteiger partial charge in [0.25, 0.3) is 5.91 Å². The maximum absolute atomic E-state index is 11.6. The van der Waals surface area contributed by atoms with E-state index in [0.29, 0.717) is 17.0 Å². The SMILES string of the molecule is NC(=O)c1cccc2[nH]c(C3CCN(Cc4cccs4)CC3)nc12. The highest BCUT2D eigenvalue weighted by molar-refractivity contribution is 7.09. The molecule has 0 spiro atoms. The Bertz CT molecular complexity index is 847. The van der Waals surface area contributed by atoms with Gasteiger partial charge in [0.2, 0.25) is 0 Å². The number of para-hydroxylation sites is 1. The van der Waals surface area contributed by atoms with Gasteiger partial charge in [0.1, 0.15) is 11.3 Å². The van der Waals surface area contributed by atoms with Crippen molar-refractivity contribution < 1.29 is 4.79 Å². The summed E-state index contributed by atoms with van der Waals surface area (Å²) in [6, 6.07) is 9.83. The standard InChI is InChI=1S/C18H20N4OS/c19-17(23)14-4-1-5-15-16(14)21-18(20-15)12-6-8-22(9-7-12)11-13-3-2-10-24-13/h1-5,10,12H,6-9,11H2,(H2,19,23)(H,20,21). The highest BCUT2D eigenvalue weighted by Crippen LogP contribution is 2.29. The summed E-state index contributed by atoms with van der Waals surface area (Å²) in [6.07, 6.45) is 2.16. The smallest absolute Gasteiger partial charge is 0.250 e. The second-order valence-corrected chi connectivity index (χ2v) is 7.35. The average molecular weight is 340 g/mol. The van der Waals surface area contributed by atoms with Gasteiger partial charge >= 0.3 is 0 Å². The molecule has 1 amide bonds. The lowest BCUT2D eigenvalue weighted by Gasteiger charge is -2.30. The fraction of sp³-hybridized carbons (Fsp3) is 0.333. The van der Waals surface area contributed by atoms with Crippen LogP contribution in [-0.4, -0.2) is 33.9 Å². The first-order chi connectivity index (χ1) is 11.7. The van der Waals surface area contributed by atoms with Crippen LogP contribution in [0.4, 0.5) is 0 Å². The van der Waals surface area contributed by atoms with Gasteiger partial charge in [-0.05, 0) is 49.5 Å². The number of hydrogen-bond acceptors (Lipinski definition) is 4.